The summed E-state index contributed by atoms with van der Waals surface area (Å²) in [5, 5.41) is 0. The van der Waals surface area contributed by atoms with Crippen LogP contribution in [0.25, 0.3) is 0 Å². The Balaban J connectivity index is 2.79. The van der Waals surface area contributed by atoms with Crippen LogP contribution < -0.4 is 0 Å². The number of rotatable bonds is 5. The van der Waals surface area contributed by atoms with Gasteiger partial charge < -0.3 is 4.74 Å². The van der Waals surface area contributed by atoms with Gasteiger partial charge in [-0.05, 0) is 12.5 Å². The molecule has 0 N–H and O–H groups in total. The summed E-state index contributed by atoms with van der Waals surface area (Å²) in [5.41, 5.74) is 0.273. The van der Waals surface area contributed by atoms with Crippen molar-refractivity contribution in [3.63, 3.8) is 0 Å². The Hall–Kier alpha value is -0.230. The molecule has 0 aromatic heterocycles. The zero-order valence-corrected chi connectivity index (χ0v) is 11.5. The summed E-state index contributed by atoms with van der Waals surface area (Å²) < 4.78 is 31.6. The summed E-state index contributed by atoms with van der Waals surface area (Å²) in [5.74, 6) is -2.79. The predicted molar refractivity (Wildman–Crippen MR) is 69.3 cm³/mol. The van der Waals surface area contributed by atoms with Crippen molar-refractivity contribution in [3.05, 3.63) is 35.9 Å². The first kappa shape index (κ1) is 13.8. The van der Waals surface area contributed by atoms with Gasteiger partial charge in [-0.1, -0.05) is 52.9 Å². The maximum absolute atomic E-state index is 12.8. The number of hydrogen-bond donors (Lipinski definition) is 0. The van der Waals surface area contributed by atoms with Crippen LogP contribution in [0.15, 0.2) is 30.3 Å². The second kappa shape index (κ2) is 5.40. The minimum Gasteiger partial charge on any atom is -0.364 e. The van der Waals surface area contributed by atoms with E-state index in [2.05, 4.69) is 22.6 Å². The topological polar surface area (TPSA) is 9.23 Å². The lowest BCUT2D eigenvalue weighted by Gasteiger charge is -2.29. The number of halogens is 3. The monoisotopic (exact) mass is 340 g/mol. The van der Waals surface area contributed by atoms with Crippen LogP contribution in [0.3, 0.4) is 0 Å². The lowest BCUT2D eigenvalue weighted by molar-refractivity contribution is -0.118. The van der Waals surface area contributed by atoms with Crippen molar-refractivity contribution < 1.29 is 13.5 Å². The van der Waals surface area contributed by atoms with Crippen molar-refractivity contribution in [2.45, 2.75) is 25.4 Å². The Morgan fingerprint density at radius 3 is 2.19 bits per heavy atom. The Morgan fingerprint density at radius 1 is 1.19 bits per heavy atom. The average molecular weight is 340 g/mol. The van der Waals surface area contributed by atoms with Gasteiger partial charge in [-0.15, -0.1) is 0 Å². The molecule has 0 radical (unpaired) electrons. The Labute approximate surface area is 108 Å². The van der Waals surface area contributed by atoms with Gasteiger partial charge in [0.2, 0.25) is 0 Å². The summed E-state index contributed by atoms with van der Waals surface area (Å²) in [7, 11) is 0. The molecule has 0 amide bonds. The summed E-state index contributed by atoms with van der Waals surface area (Å²) in [6.07, 6.45) is 0. The van der Waals surface area contributed by atoms with E-state index >= 15 is 0 Å². The van der Waals surface area contributed by atoms with Crippen LogP contribution in [0.1, 0.15) is 19.4 Å². The molecule has 1 rings (SSSR count). The van der Waals surface area contributed by atoms with Crippen LogP contribution in [-0.2, 0) is 10.3 Å². The summed E-state index contributed by atoms with van der Waals surface area (Å²) >= 11 is 2.15. The van der Waals surface area contributed by atoms with Gasteiger partial charge in [0.1, 0.15) is 6.61 Å². The van der Waals surface area contributed by atoms with E-state index in [1.807, 2.05) is 37.3 Å². The van der Waals surface area contributed by atoms with Crippen LogP contribution in [0.2, 0.25) is 0 Å². The van der Waals surface area contributed by atoms with E-state index in [0.717, 1.165) is 12.5 Å². The zero-order chi connectivity index (χ0) is 12.2. The molecule has 0 aliphatic rings. The predicted octanol–water partition coefficient (Wildman–Crippen LogP) is 4.01. The standard InChI is InChI=1S/C12H15F2IO/c1-11(8-15,16-9-12(2,13)14)10-6-4-3-5-7-10/h3-7H,8-9H2,1-2H3. The average Bonchev–Trinajstić information content (AvgIpc) is 2.26. The normalized spacial score (nSPS) is 15.8. The molecule has 1 nitrogen and oxygen atoms in total. The molecule has 1 atom stereocenters. The van der Waals surface area contributed by atoms with Crippen molar-refractivity contribution in [1.82, 2.24) is 0 Å². The van der Waals surface area contributed by atoms with Crippen LogP contribution in [0.5, 0.6) is 0 Å². The minimum absolute atomic E-state index is 0.554. The quantitative estimate of drug-likeness (QED) is 0.581. The van der Waals surface area contributed by atoms with Gasteiger partial charge in [-0.25, -0.2) is 8.78 Å². The van der Waals surface area contributed by atoms with Gasteiger partial charge in [0.25, 0.3) is 5.92 Å². The van der Waals surface area contributed by atoms with Gasteiger partial charge >= 0.3 is 0 Å². The fourth-order valence-electron chi connectivity index (χ4n) is 1.28. The fourth-order valence-corrected chi connectivity index (χ4v) is 1.94. The van der Waals surface area contributed by atoms with Crippen LogP contribution in [0, 0.1) is 0 Å². The molecule has 1 aromatic rings. The van der Waals surface area contributed by atoms with E-state index in [1.54, 1.807) is 0 Å². The molecule has 1 aromatic carbocycles. The molecule has 0 bridgehead atoms. The van der Waals surface area contributed by atoms with Crippen molar-refractivity contribution in [3.8, 4) is 0 Å². The maximum atomic E-state index is 12.8. The molecule has 0 saturated heterocycles. The van der Waals surface area contributed by atoms with Crippen molar-refractivity contribution in [2.24, 2.45) is 0 Å². The molecule has 0 aliphatic heterocycles. The highest BCUT2D eigenvalue weighted by Gasteiger charge is 2.31. The molecule has 0 heterocycles. The summed E-state index contributed by atoms with van der Waals surface area (Å²) in [4.78, 5) is 0. The fraction of sp³-hybridized carbons (Fsp3) is 0.500. The lowest BCUT2D eigenvalue weighted by Crippen LogP contribution is -2.33. The Kier molecular flexibility index (Phi) is 4.67. The van der Waals surface area contributed by atoms with Gasteiger partial charge in [-0.3, -0.25) is 0 Å². The first-order valence-electron chi connectivity index (χ1n) is 5.01. The molecule has 0 saturated carbocycles. The SMILES string of the molecule is CC(F)(F)COC(C)(CI)c1ccccc1. The van der Waals surface area contributed by atoms with Gasteiger partial charge in [0, 0.05) is 11.4 Å². The maximum Gasteiger partial charge on any atom is 0.268 e. The highest BCUT2D eigenvalue weighted by atomic mass is 127. The van der Waals surface area contributed by atoms with E-state index in [1.165, 1.54) is 0 Å². The van der Waals surface area contributed by atoms with E-state index in [0.29, 0.717) is 4.43 Å². The van der Waals surface area contributed by atoms with Crippen molar-refractivity contribution in [2.75, 3.05) is 11.0 Å². The smallest absolute Gasteiger partial charge is 0.268 e. The second-order valence-corrected chi connectivity index (χ2v) is 4.85. The van der Waals surface area contributed by atoms with Gasteiger partial charge in [0.15, 0.2) is 0 Å². The zero-order valence-electron chi connectivity index (χ0n) is 9.34. The molecule has 1 unspecified atom stereocenters. The molecule has 16 heavy (non-hydrogen) atoms. The summed E-state index contributed by atoms with van der Waals surface area (Å²) in [6.45, 7) is 2.15. The Morgan fingerprint density at radius 2 is 1.75 bits per heavy atom. The highest BCUT2D eigenvalue weighted by molar-refractivity contribution is 14.1. The first-order chi connectivity index (χ1) is 7.37. The molecule has 0 spiro atoms. The highest BCUT2D eigenvalue weighted by Crippen LogP contribution is 2.29. The largest absolute Gasteiger partial charge is 0.364 e. The van der Waals surface area contributed by atoms with Crippen LogP contribution >= 0.6 is 22.6 Å². The third-order valence-electron chi connectivity index (χ3n) is 2.28. The number of alkyl halides is 3. The van der Waals surface area contributed by atoms with Crippen molar-refractivity contribution in [1.29, 1.82) is 0 Å². The number of hydrogen-bond acceptors (Lipinski definition) is 1. The van der Waals surface area contributed by atoms with Gasteiger partial charge in [0.05, 0.1) is 5.60 Å². The van der Waals surface area contributed by atoms with E-state index in [9.17, 15) is 8.78 Å². The third kappa shape index (κ3) is 3.97. The molecule has 4 heteroatoms. The number of benzene rings is 1. The third-order valence-corrected chi connectivity index (χ3v) is 3.74. The molecule has 0 fully saturated rings. The van der Waals surface area contributed by atoms with E-state index in [-0.39, 0.29) is 0 Å². The van der Waals surface area contributed by atoms with Crippen LogP contribution in [0.4, 0.5) is 8.78 Å². The minimum atomic E-state index is -2.79. The van der Waals surface area contributed by atoms with Crippen molar-refractivity contribution >= 4 is 22.6 Å². The molecule has 90 valence electrons. The molecule has 0 aliphatic carbocycles. The Bertz CT molecular complexity index is 324. The molecular weight excluding hydrogens is 325 g/mol. The van der Waals surface area contributed by atoms with Crippen LogP contribution in [-0.4, -0.2) is 17.0 Å². The van der Waals surface area contributed by atoms with Gasteiger partial charge in [-0.2, -0.15) is 0 Å². The first-order valence-corrected chi connectivity index (χ1v) is 6.53. The molecular formula is C12H15F2IO. The van der Waals surface area contributed by atoms with E-state index < -0.39 is 18.1 Å². The lowest BCUT2D eigenvalue weighted by atomic mass is 9.98. The number of ether oxygens (including phenoxy) is 1. The second-order valence-electron chi connectivity index (χ2n) is 4.09. The van der Waals surface area contributed by atoms with E-state index in [4.69, 9.17) is 4.74 Å². The summed E-state index contributed by atoms with van der Waals surface area (Å²) in [6, 6.07) is 9.45.